The van der Waals surface area contributed by atoms with Gasteiger partial charge in [-0.2, -0.15) is 0 Å². The standard InChI is InChI=1S/C73H128O6/c1-4-7-10-13-16-19-22-25-27-29-31-33-34-35-36-37-38-40-41-43-45-48-51-54-57-60-63-66-72(75)78-69-70(68-77-71(74)65-62-59-56-53-50-47-24-21-18-15-12-9-6-3)79-73(76)67-64-61-58-55-52-49-46-44-42-39-32-30-28-26-23-20-17-14-11-8-5-2/h7,10,16,19,25,27,30-33,35-36,38,40,70H,4-6,8-9,11-15,17-18,20-24,26,28-29,34,37,39,41-69H2,1-3H3/b10-7-,19-16-,27-25-,32-30-,33-31-,36-35-,40-38-. The average molecular weight is 1100 g/mol. The van der Waals surface area contributed by atoms with Crippen LogP contribution in [-0.2, 0) is 28.6 Å². The van der Waals surface area contributed by atoms with Gasteiger partial charge in [-0.1, -0.05) is 311 Å². The SMILES string of the molecule is CC/C=C\C/C=C\C/C=C\C/C=C\C/C=C\C/C=C\CCCCCCCCCCC(=O)OCC(COC(=O)CCCCCCCCCCCCCCC)OC(=O)CCCCCCCCCCC/C=C\CCCCCCCCCC. The lowest BCUT2D eigenvalue weighted by atomic mass is 10.0. The van der Waals surface area contributed by atoms with Crippen molar-refractivity contribution in [2.45, 2.75) is 348 Å². The van der Waals surface area contributed by atoms with Crippen LogP contribution in [0, 0.1) is 0 Å². The van der Waals surface area contributed by atoms with Crippen LogP contribution < -0.4 is 0 Å². The van der Waals surface area contributed by atoms with Crippen LogP contribution >= 0.6 is 0 Å². The van der Waals surface area contributed by atoms with Gasteiger partial charge in [0.1, 0.15) is 13.2 Å². The molecule has 0 radical (unpaired) electrons. The fourth-order valence-electron chi connectivity index (χ4n) is 9.80. The van der Waals surface area contributed by atoms with Gasteiger partial charge in [-0.3, -0.25) is 14.4 Å². The molecule has 0 amide bonds. The zero-order chi connectivity index (χ0) is 57.1. The van der Waals surface area contributed by atoms with Gasteiger partial charge in [0.25, 0.3) is 0 Å². The molecule has 0 bridgehead atoms. The number of ether oxygens (including phenoxy) is 3. The van der Waals surface area contributed by atoms with E-state index in [0.717, 1.165) is 103 Å². The molecule has 0 spiro atoms. The zero-order valence-electron chi connectivity index (χ0n) is 52.4. The number of carbonyl (C=O) groups excluding carboxylic acids is 3. The predicted octanol–water partition coefficient (Wildman–Crippen LogP) is 23.4. The number of esters is 3. The Labute approximate surface area is 490 Å². The van der Waals surface area contributed by atoms with Crippen molar-refractivity contribution in [3.63, 3.8) is 0 Å². The molecule has 6 heteroatoms. The van der Waals surface area contributed by atoms with Gasteiger partial charge in [0.2, 0.25) is 0 Å². The van der Waals surface area contributed by atoms with Crippen LogP contribution in [-0.4, -0.2) is 37.2 Å². The van der Waals surface area contributed by atoms with E-state index in [1.165, 1.54) is 199 Å². The third kappa shape index (κ3) is 65.3. The topological polar surface area (TPSA) is 78.9 Å². The number of hydrogen-bond donors (Lipinski definition) is 0. The number of rotatable bonds is 62. The maximum Gasteiger partial charge on any atom is 0.306 e. The monoisotopic (exact) mass is 1100 g/mol. The fraction of sp³-hybridized carbons (Fsp3) is 0.767. The van der Waals surface area contributed by atoms with Crippen LogP contribution in [0.3, 0.4) is 0 Å². The van der Waals surface area contributed by atoms with Crippen molar-refractivity contribution < 1.29 is 28.6 Å². The van der Waals surface area contributed by atoms with Crippen LogP contribution in [0.25, 0.3) is 0 Å². The average Bonchev–Trinajstić information content (AvgIpc) is 3.45. The molecule has 0 saturated carbocycles. The maximum atomic E-state index is 12.9. The molecule has 79 heavy (non-hydrogen) atoms. The predicted molar refractivity (Wildman–Crippen MR) is 344 cm³/mol. The molecule has 0 aromatic carbocycles. The third-order valence-corrected chi connectivity index (χ3v) is 14.9. The number of carbonyl (C=O) groups is 3. The molecule has 6 nitrogen and oxygen atoms in total. The van der Waals surface area contributed by atoms with Crippen molar-refractivity contribution in [1.29, 1.82) is 0 Å². The summed E-state index contributed by atoms with van der Waals surface area (Å²) in [6, 6.07) is 0. The first-order chi connectivity index (χ1) is 39.0. The highest BCUT2D eigenvalue weighted by Gasteiger charge is 2.19. The highest BCUT2D eigenvalue weighted by atomic mass is 16.6. The Bertz CT molecular complexity index is 1500. The molecule has 0 fully saturated rings. The second-order valence-corrected chi connectivity index (χ2v) is 22.7. The maximum absolute atomic E-state index is 12.9. The van der Waals surface area contributed by atoms with Crippen LogP contribution in [0.4, 0.5) is 0 Å². The van der Waals surface area contributed by atoms with Gasteiger partial charge in [0.05, 0.1) is 0 Å². The zero-order valence-corrected chi connectivity index (χ0v) is 52.4. The molecule has 1 unspecified atom stereocenters. The van der Waals surface area contributed by atoms with E-state index < -0.39 is 6.10 Å². The molecule has 0 aromatic heterocycles. The van der Waals surface area contributed by atoms with Crippen molar-refractivity contribution in [3.05, 3.63) is 85.1 Å². The Morgan fingerprint density at radius 1 is 0.266 bits per heavy atom. The second-order valence-electron chi connectivity index (χ2n) is 22.7. The quantitative estimate of drug-likeness (QED) is 0.0261. The number of unbranched alkanes of at least 4 members (excludes halogenated alkanes) is 37. The van der Waals surface area contributed by atoms with Gasteiger partial charge in [-0.05, 0) is 96.3 Å². The Hall–Kier alpha value is -3.41. The molecule has 0 N–H and O–H groups in total. The second kappa shape index (κ2) is 67.1. The molecule has 1 atom stereocenters. The lowest BCUT2D eigenvalue weighted by Crippen LogP contribution is -2.30. The van der Waals surface area contributed by atoms with Gasteiger partial charge in [0, 0.05) is 19.3 Å². The normalized spacial score (nSPS) is 12.6. The minimum Gasteiger partial charge on any atom is -0.462 e. The number of hydrogen-bond acceptors (Lipinski definition) is 6. The summed E-state index contributed by atoms with van der Waals surface area (Å²) in [5.41, 5.74) is 0. The third-order valence-electron chi connectivity index (χ3n) is 14.9. The van der Waals surface area contributed by atoms with E-state index in [-0.39, 0.29) is 31.1 Å². The Kier molecular flexibility index (Phi) is 64.2. The number of allylic oxidation sites excluding steroid dienone is 14. The molecule has 0 rings (SSSR count). The summed E-state index contributed by atoms with van der Waals surface area (Å²) < 4.78 is 17.0. The molecular formula is C73H128O6. The van der Waals surface area contributed by atoms with Crippen molar-refractivity contribution >= 4 is 17.9 Å². The fourth-order valence-corrected chi connectivity index (χ4v) is 9.80. The summed E-state index contributed by atoms with van der Waals surface area (Å²) in [6.07, 6.45) is 88.8. The smallest absolute Gasteiger partial charge is 0.306 e. The molecule has 0 aliphatic rings. The Balaban J connectivity index is 4.31. The molecule has 0 aromatic rings. The van der Waals surface area contributed by atoms with E-state index in [4.69, 9.17) is 14.2 Å². The highest BCUT2D eigenvalue weighted by molar-refractivity contribution is 5.71. The molecule has 0 aliphatic heterocycles. The first kappa shape index (κ1) is 75.6. The van der Waals surface area contributed by atoms with E-state index in [0.29, 0.717) is 19.3 Å². The van der Waals surface area contributed by atoms with Crippen molar-refractivity contribution in [3.8, 4) is 0 Å². The van der Waals surface area contributed by atoms with Crippen molar-refractivity contribution in [2.75, 3.05) is 13.2 Å². The van der Waals surface area contributed by atoms with E-state index in [1.807, 2.05) is 0 Å². The molecule has 0 heterocycles. The van der Waals surface area contributed by atoms with Gasteiger partial charge < -0.3 is 14.2 Å². The van der Waals surface area contributed by atoms with Crippen molar-refractivity contribution in [1.82, 2.24) is 0 Å². The van der Waals surface area contributed by atoms with E-state index >= 15 is 0 Å². The van der Waals surface area contributed by atoms with Crippen molar-refractivity contribution in [2.24, 2.45) is 0 Å². The largest absolute Gasteiger partial charge is 0.462 e. The highest BCUT2D eigenvalue weighted by Crippen LogP contribution is 2.17. The summed E-state index contributed by atoms with van der Waals surface area (Å²) in [6.45, 7) is 6.56. The van der Waals surface area contributed by atoms with Gasteiger partial charge in [-0.15, -0.1) is 0 Å². The summed E-state index contributed by atoms with van der Waals surface area (Å²) in [5, 5.41) is 0. The molecule has 0 saturated heterocycles. The van der Waals surface area contributed by atoms with E-state index in [2.05, 4.69) is 106 Å². The molecule has 0 aliphatic carbocycles. The first-order valence-electron chi connectivity index (χ1n) is 34.1. The summed E-state index contributed by atoms with van der Waals surface area (Å²) in [4.78, 5) is 38.4. The van der Waals surface area contributed by atoms with Crippen LogP contribution in [0.5, 0.6) is 0 Å². The Morgan fingerprint density at radius 3 is 0.785 bits per heavy atom. The Morgan fingerprint density at radius 2 is 0.494 bits per heavy atom. The first-order valence-corrected chi connectivity index (χ1v) is 34.1. The lowest BCUT2D eigenvalue weighted by molar-refractivity contribution is -0.167. The van der Waals surface area contributed by atoms with Crippen LogP contribution in [0.15, 0.2) is 85.1 Å². The minimum atomic E-state index is -0.781. The molecular weight excluding hydrogens is 973 g/mol. The van der Waals surface area contributed by atoms with Gasteiger partial charge in [-0.25, -0.2) is 0 Å². The summed E-state index contributed by atoms with van der Waals surface area (Å²) in [5.74, 6) is -0.870. The minimum absolute atomic E-state index is 0.0761. The summed E-state index contributed by atoms with van der Waals surface area (Å²) >= 11 is 0. The van der Waals surface area contributed by atoms with Gasteiger partial charge >= 0.3 is 17.9 Å². The van der Waals surface area contributed by atoms with E-state index in [9.17, 15) is 14.4 Å². The van der Waals surface area contributed by atoms with Crippen LogP contribution in [0.2, 0.25) is 0 Å². The van der Waals surface area contributed by atoms with Crippen LogP contribution in [0.1, 0.15) is 342 Å². The van der Waals surface area contributed by atoms with E-state index in [1.54, 1.807) is 0 Å². The molecule has 456 valence electrons. The van der Waals surface area contributed by atoms with Gasteiger partial charge in [0.15, 0.2) is 6.10 Å². The lowest BCUT2D eigenvalue weighted by Gasteiger charge is -2.18. The summed E-state index contributed by atoms with van der Waals surface area (Å²) in [7, 11) is 0.